The van der Waals surface area contributed by atoms with E-state index in [-0.39, 0.29) is 12.7 Å². The van der Waals surface area contributed by atoms with Gasteiger partial charge < -0.3 is 9.84 Å². The van der Waals surface area contributed by atoms with Crippen LogP contribution in [0.3, 0.4) is 0 Å². The lowest BCUT2D eigenvalue weighted by atomic mass is 10.1. The third-order valence-corrected chi connectivity index (χ3v) is 4.64. The summed E-state index contributed by atoms with van der Waals surface area (Å²) in [5.41, 5.74) is 0. The third-order valence-electron chi connectivity index (χ3n) is 4.64. The molecule has 1 saturated heterocycles. The van der Waals surface area contributed by atoms with Crippen molar-refractivity contribution in [2.45, 2.75) is 90.2 Å². The van der Waals surface area contributed by atoms with Crippen molar-refractivity contribution in [3.05, 3.63) is 0 Å². The van der Waals surface area contributed by atoms with Crippen LogP contribution in [0.4, 0.5) is 0 Å². The van der Waals surface area contributed by atoms with E-state index in [1.54, 1.807) is 0 Å². The zero-order valence-corrected chi connectivity index (χ0v) is 14.4. The summed E-state index contributed by atoms with van der Waals surface area (Å²) in [6.45, 7) is 7.48. The number of hydrogen-bond donors (Lipinski definition) is 1. The summed E-state index contributed by atoms with van der Waals surface area (Å²) < 4.78 is 5.58. The molecule has 2 atom stereocenters. The Bertz CT molecular complexity index is 235. The van der Waals surface area contributed by atoms with Crippen molar-refractivity contribution in [2.75, 3.05) is 26.3 Å². The fraction of sp³-hybridized carbons (Fsp3) is 1.00. The van der Waals surface area contributed by atoms with E-state index in [2.05, 4.69) is 18.7 Å². The molecular weight excluding hydrogens is 262 g/mol. The number of ether oxygens (including phenoxy) is 1. The van der Waals surface area contributed by atoms with E-state index in [1.165, 1.54) is 64.2 Å². The lowest BCUT2D eigenvalue weighted by Gasteiger charge is -2.37. The van der Waals surface area contributed by atoms with Crippen LogP contribution in [0.5, 0.6) is 0 Å². The number of nitrogens with zero attached hydrogens (tertiary/aromatic N) is 1. The van der Waals surface area contributed by atoms with Gasteiger partial charge in [0.05, 0.1) is 19.3 Å². The van der Waals surface area contributed by atoms with Gasteiger partial charge in [-0.25, -0.2) is 0 Å². The zero-order chi connectivity index (χ0) is 15.3. The van der Waals surface area contributed by atoms with Gasteiger partial charge in [-0.2, -0.15) is 0 Å². The third kappa shape index (κ3) is 8.80. The van der Waals surface area contributed by atoms with Gasteiger partial charge in [0.1, 0.15) is 0 Å². The summed E-state index contributed by atoms with van der Waals surface area (Å²) in [7, 11) is 0. The van der Waals surface area contributed by atoms with E-state index in [0.29, 0.717) is 6.04 Å². The normalized spacial score (nSPS) is 23.6. The van der Waals surface area contributed by atoms with Crippen molar-refractivity contribution in [3.63, 3.8) is 0 Å². The monoisotopic (exact) mass is 299 g/mol. The Morgan fingerprint density at radius 2 is 1.52 bits per heavy atom. The molecule has 1 rings (SSSR count). The van der Waals surface area contributed by atoms with Gasteiger partial charge in [-0.15, -0.1) is 0 Å². The highest BCUT2D eigenvalue weighted by Gasteiger charge is 2.24. The molecule has 1 heterocycles. The van der Waals surface area contributed by atoms with Crippen LogP contribution in [0.1, 0.15) is 78.1 Å². The molecule has 0 radical (unpaired) electrons. The second kappa shape index (κ2) is 12.4. The van der Waals surface area contributed by atoms with Crippen LogP contribution in [0.25, 0.3) is 0 Å². The summed E-state index contributed by atoms with van der Waals surface area (Å²) in [6.07, 6.45) is 13.9. The molecule has 0 bridgehead atoms. The predicted molar refractivity (Wildman–Crippen MR) is 89.7 cm³/mol. The van der Waals surface area contributed by atoms with Gasteiger partial charge in [0.25, 0.3) is 0 Å². The molecule has 0 amide bonds. The Morgan fingerprint density at radius 3 is 2.10 bits per heavy atom. The number of aliphatic hydroxyl groups is 1. The van der Waals surface area contributed by atoms with E-state index < -0.39 is 0 Å². The first-order valence-corrected chi connectivity index (χ1v) is 9.24. The molecule has 0 aliphatic carbocycles. The molecule has 1 aliphatic heterocycles. The zero-order valence-electron chi connectivity index (χ0n) is 14.4. The standard InChI is InChI=1S/C18H37NO2/c1-3-4-5-6-7-8-9-10-11-12-13-19-14-18(15-20)21-16-17(19)2/h17-18,20H,3-16H2,1-2H3. The summed E-state index contributed by atoms with van der Waals surface area (Å²) in [5, 5.41) is 9.19. The van der Waals surface area contributed by atoms with Crippen LogP contribution in [-0.2, 0) is 4.74 Å². The number of hydrogen-bond acceptors (Lipinski definition) is 3. The van der Waals surface area contributed by atoms with Crippen LogP contribution in [0, 0.1) is 0 Å². The molecule has 0 saturated carbocycles. The topological polar surface area (TPSA) is 32.7 Å². The van der Waals surface area contributed by atoms with Crippen molar-refractivity contribution in [1.82, 2.24) is 4.90 Å². The average Bonchev–Trinajstić information content (AvgIpc) is 2.51. The highest BCUT2D eigenvalue weighted by atomic mass is 16.5. The largest absolute Gasteiger partial charge is 0.394 e. The van der Waals surface area contributed by atoms with E-state index in [9.17, 15) is 5.11 Å². The van der Waals surface area contributed by atoms with Crippen molar-refractivity contribution in [1.29, 1.82) is 0 Å². The lowest BCUT2D eigenvalue weighted by Crippen LogP contribution is -2.49. The number of aliphatic hydroxyl groups excluding tert-OH is 1. The van der Waals surface area contributed by atoms with Crippen LogP contribution >= 0.6 is 0 Å². The van der Waals surface area contributed by atoms with Gasteiger partial charge in [-0.05, 0) is 19.9 Å². The highest BCUT2D eigenvalue weighted by Crippen LogP contribution is 2.14. The summed E-state index contributed by atoms with van der Waals surface area (Å²) in [5.74, 6) is 0. The second-order valence-electron chi connectivity index (χ2n) is 6.66. The summed E-state index contributed by atoms with van der Waals surface area (Å²) >= 11 is 0. The molecule has 126 valence electrons. The van der Waals surface area contributed by atoms with Gasteiger partial charge in [0.15, 0.2) is 0 Å². The smallest absolute Gasteiger partial charge is 0.0933 e. The van der Waals surface area contributed by atoms with E-state index >= 15 is 0 Å². The average molecular weight is 299 g/mol. The molecule has 0 aromatic heterocycles. The summed E-state index contributed by atoms with van der Waals surface area (Å²) in [4.78, 5) is 2.48. The van der Waals surface area contributed by atoms with E-state index in [0.717, 1.165) is 19.7 Å². The minimum absolute atomic E-state index is 0.0318. The quantitative estimate of drug-likeness (QED) is 0.553. The van der Waals surface area contributed by atoms with E-state index in [4.69, 9.17) is 4.74 Å². The van der Waals surface area contributed by atoms with Gasteiger partial charge in [0, 0.05) is 12.6 Å². The second-order valence-corrected chi connectivity index (χ2v) is 6.66. The molecule has 0 aromatic rings. The number of morpholine rings is 1. The lowest BCUT2D eigenvalue weighted by molar-refractivity contribution is -0.0779. The highest BCUT2D eigenvalue weighted by molar-refractivity contribution is 4.76. The van der Waals surface area contributed by atoms with Gasteiger partial charge in [-0.3, -0.25) is 4.90 Å². The fourth-order valence-electron chi connectivity index (χ4n) is 3.10. The van der Waals surface area contributed by atoms with Crippen LogP contribution < -0.4 is 0 Å². The Morgan fingerprint density at radius 1 is 0.952 bits per heavy atom. The Balaban J connectivity index is 1.91. The maximum atomic E-state index is 9.19. The van der Waals surface area contributed by atoms with Crippen LogP contribution in [0.15, 0.2) is 0 Å². The summed E-state index contributed by atoms with van der Waals surface area (Å²) in [6, 6.07) is 0.506. The van der Waals surface area contributed by atoms with Gasteiger partial charge in [-0.1, -0.05) is 64.7 Å². The Kier molecular flexibility index (Phi) is 11.2. The van der Waals surface area contributed by atoms with Gasteiger partial charge >= 0.3 is 0 Å². The molecule has 1 aliphatic rings. The number of rotatable bonds is 12. The maximum Gasteiger partial charge on any atom is 0.0933 e. The van der Waals surface area contributed by atoms with Gasteiger partial charge in [0.2, 0.25) is 0 Å². The van der Waals surface area contributed by atoms with E-state index in [1.807, 2.05) is 0 Å². The molecule has 2 unspecified atom stereocenters. The van der Waals surface area contributed by atoms with Crippen molar-refractivity contribution in [3.8, 4) is 0 Å². The molecule has 0 aromatic carbocycles. The Labute approximate surface area is 132 Å². The first kappa shape index (κ1) is 18.9. The van der Waals surface area contributed by atoms with Crippen LogP contribution in [-0.4, -0.2) is 48.5 Å². The molecule has 21 heavy (non-hydrogen) atoms. The van der Waals surface area contributed by atoms with Crippen molar-refractivity contribution < 1.29 is 9.84 Å². The Hall–Kier alpha value is -0.120. The first-order chi connectivity index (χ1) is 10.3. The number of unbranched alkanes of at least 4 members (excludes halogenated alkanes) is 9. The fourth-order valence-corrected chi connectivity index (χ4v) is 3.10. The minimum Gasteiger partial charge on any atom is -0.394 e. The van der Waals surface area contributed by atoms with Crippen molar-refractivity contribution in [2.24, 2.45) is 0 Å². The van der Waals surface area contributed by atoms with Crippen LogP contribution in [0.2, 0.25) is 0 Å². The van der Waals surface area contributed by atoms with Crippen molar-refractivity contribution >= 4 is 0 Å². The predicted octanol–water partition coefficient (Wildman–Crippen LogP) is 3.99. The molecular formula is C18H37NO2. The first-order valence-electron chi connectivity index (χ1n) is 9.24. The molecule has 3 nitrogen and oxygen atoms in total. The molecule has 3 heteroatoms. The molecule has 0 spiro atoms. The minimum atomic E-state index is 0.0318. The SMILES string of the molecule is CCCCCCCCCCCCN1CC(CO)OCC1C. The molecule has 1 fully saturated rings. The maximum absolute atomic E-state index is 9.19. The molecule has 1 N–H and O–H groups in total.